The molecule has 0 aromatic heterocycles. The Morgan fingerprint density at radius 3 is 2.19 bits per heavy atom. The number of nitrogens with zero attached hydrogens (tertiary/aromatic N) is 1. The average molecular weight is 389 g/mol. The molecule has 146 valence electrons. The molecule has 1 unspecified atom stereocenters. The number of hydrogen-bond donors (Lipinski definition) is 1. The number of rotatable bonds is 7. The predicted molar refractivity (Wildman–Crippen MR) is 110 cm³/mol. The smallest absolute Gasteiger partial charge is 0.241 e. The van der Waals surface area contributed by atoms with Crippen LogP contribution in [0.15, 0.2) is 42.5 Å². The normalized spacial score (nSPS) is 12.5. The molecule has 0 aliphatic heterocycles. The number of carbonyl (C=O) groups excluding carboxylic acids is 1. The van der Waals surface area contributed by atoms with E-state index < -0.39 is 10.0 Å². The van der Waals surface area contributed by atoms with Gasteiger partial charge in [0.1, 0.15) is 6.54 Å². The lowest BCUT2D eigenvalue weighted by atomic mass is 9.99. The summed E-state index contributed by atoms with van der Waals surface area (Å²) in [6.45, 7) is 7.76. The summed E-state index contributed by atoms with van der Waals surface area (Å²) < 4.78 is 25.5. The van der Waals surface area contributed by atoms with Gasteiger partial charge in [-0.05, 0) is 56.0 Å². The first-order valence-electron chi connectivity index (χ1n) is 9.02. The van der Waals surface area contributed by atoms with Crippen LogP contribution in [-0.4, -0.2) is 27.1 Å². The van der Waals surface area contributed by atoms with Crippen molar-refractivity contribution in [2.45, 2.75) is 40.2 Å². The van der Waals surface area contributed by atoms with Crippen LogP contribution in [0.2, 0.25) is 0 Å². The molecule has 1 amide bonds. The Labute approximate surface area is 162 Å². The summed E-state index contributed by atoms with van der Waals surface area (Å²) in [7, 11) is -3.57. The maximum Gasteiger partial charge on any atom is 0.241 e. The van der Waals surface area contributed by atoms with Gasteiger partial charge in [0.15, 0.2) is 0 Å². The van der Waals surface area contributed by atoms with Crippen molar-refractivity contribution in [3.05, 3.63) is 64.7 Å². The molecule has 0 heterocycles. The highest BCUT2D eigenvalue weighted by Crippen LogP contribution is 2.21. The summed E-state index contributed by atoms with van der Waals surface area (Å²) in [4.78, 5) is 12.6. The molecule has 0 spiro atoms. The third-order valence-corrected chi connectivity index (χ3v) is 5.83. The van der Waals surface area contributed by atoms with E-state index in [4.69, 9.17) is 0 Å². The van der Waals surface area contributed by atoms with Crippen LogP contribution < -0.4 is 9.62 Å². The Morgan fingerprint density at radius 1 is 1.04 bits per heavy atom. The molecule has 0 saturated carbocycles. The Hall–Kier alpha value is -2.34. The third-order valence-electron chi connectivity index (χ3n) is 4.69. The van der Waals surface area contributed by atoms with E-state index in [1.807, 2.05) is 52.0 Å². The monoisotopic (exact) mass is 388 g/mol. The second-order valence-corrected chi connectivity index (χ2v) is 8.88. The molecule has 6 heteroatoms. The van der Waals surface area contributed by atoms with Crippen molar-refractivity contribution in [2.24, 2.45) is 0 Å². The van der Waals surface area contributed by atoms with E-state index in [1.54, 1.807) is 12.1 Å². The van der Waals surface area contributed by atoms with E-state index in [9.17, 15) is 13.2 Å². The summed E-state index contributed by atoms with van der Waals surface area (Å²) in [6, 6.07) is 13.0. The van der Waals surface area contributed by atoms with Gasteiger partial charge in [0, 0.05) is 0 Å². The van der Waals surface area contributed by atoms with Gasteiger partial charge in [-0.15, -0.1) is 0 Å². The van der Waals surface area contributed by atoms with Crippen molar-refractivity contribution in [1.82, 2.24) is 5.32 Å². The number of benzene rings is 2. The fourth-order valence-corrected chi connectivity index (χ4v) is 3.74. The molecule has 0 fully saturated rings. The lowest BCUT2D eigenvalue weighted by Crippen LogP contribution is -2.41. The van der Waals surface area contributed by atoms with Crippen molar-refractivity contribution in [3.63, 3.8) is 0 Å². The summed E-state index contributed by atoms with van der Waals surface area (Å²) >= 11 is 0. The van der Waals surface area contributed by atoms with Gasteiger partial charge >= 0.3 is 0 Å². The fourth-order valence-electron chi connectivity index (χ4n) is 2.88. The SMILES string of the molecule is CCC(NC(=O)CN(c1ccc(C)cc1)S(C)(=O)=O)c1ccc(C)c(C)c1. The molecule has 2 aromatic carbocycles. The predicted octanol–water partition coefficient (Wildman–Crippen LogP) is 3.65. The Balaban J connectivity index is 2.19. The zero-order valence-electron chi connectivity index (χ0n) is 16.6. The number of aryl methyl sites for hydroxylation is 3. The molecule has 0 aliphatic carbocycles. The maximum atomic E-state index is 12.6. The molecule has 1 atom stereocenters. The topological polar surface area (TPSA) is 66.5 Å². The van der Waals surface area contributed by atoms with Crippen LogP contribution in [-0.2, 0) is 14.8 Å². The van der Waals surface area contributed by atoms with E-state index in [0.717, 1.165) is 33.7 Å². The summed E-state index contributed by atoms with van der Waals surface area (Å²) in [6.07, 6.45) is 1.83. The van der Waals surface area contributed by atoms with E-state index in [2.05, 4.69) is 11.4 Å². The van der Waals surface area contributed by atoms with Gasteiger partial charge in [-0.1, -0.05) is 42.8 Å². The molecular weight excluding hydrogens is 360 g/mol. The van der Waals surface area contributed by atoms with E-state index in [1.165, 1.54) is 5.56 Å². The summed E-state index contributed by atoms with van der Waals surface area (Å²) in [5.74, 6) is -0.328. The van der Waals surface area contributed by atoms with Crippen LogP contribution in [0.25, 0.3) is 0 Å². The van der Waals surface area contributed by atoms with E-state index in [-0.39, 0.29) is 18.5 Å². The molecule has 0 saturated heterocycles. The van der Waals surface area contributed by atoms with Crippen molar-refractivity contribution in [2.75, 3.05) is 17.1 Å². The molecule has 2 rings (SSSR count). The molecule has 2 aromatic rings. The van der Waals surface area contributed by atoms with Crippen molar-refractivity contribution in [3.8, 4) is 0 Å². The van der Waals surface area contributed by atoms with Crippen molar-refractivity contribution >= 4 is 21.6 Å². The second-order valence-electron chi connectivity index (χ2n) is 6.98. The minimum atomic E-state index is -3.57. The lowest BCUT2D eigenvalue weighted by Gasteiger charge is -2.24. The van der Waals surface area contributed by atoms with Crippen LogP contribution in [0.3, 0.4) is 0 Å². The highest BCUT2D eigenvalue weighted by molar-refractivity contribution is 7.92. The van der Waals surface area contributed by atoms with Gasteiger partial charge in [0.05, 0.1) is 18.0 Å². The summed E-state index contributed by atoms with van der Waals surface area (Å²) in [5, 5.41) is 2.97. The minimum absolute atomic E-state index is 0.156. The van der Waals surface area contributed by atoms with Crippen LogP contribution in [0, 0.1) is 20.8 Å². The minimum Gasteiger partial charge on any atom is -0.348 e. The van der Waals surface area contributed by atoms with Gasteiger partial charge in [0.25, 0.3) is 0 Å². The second kappa shape index (κ2) is 8.57. The van der Waals surface area contributed by atoms with Gasteiger partial charge in [-0.3, -0.25) is 9.10 Å². The molecule has 0 radical (unpaired) electrons. The average Bonchev–Trinajstić information content (AvgIpc) is 2.60. The van der Waals surface area contributed by atoms with Crippen LogP contribution in [0.1, 0.15) is 41.6 Å². The quantitative estimate of drug-likeness (QED) is 0.787. The zero-order valence-corrected chi connectivity index (χ0v) is 17.4. The van der Waals surface area contributed by atoms with Gasteiger partial charge in [0.2, 0.25) is 15.9 Å². The number of anilines is 1. The highest BCUT2D eigenvalue weighted by Gasteiger charge is 2.22. The molecule has 5 nitrogen and oxygen atoms in total. The molecule has 1 N–H and O–H groups in total. The Morgan fingerprint density at radius 2 is 1.67 bits per heavy atom. The maximum absolute atomic E-state index is 12.6. The Kier molecular flexibility index (Phi) is 6.65. The van der Waals surface area contributed by atoms with Crippen LogP contribution in [0.5, 0.6) is 0 Å². The first-order chi connectivity index (χ1) is 12.6. The van der Waals surface area contributed by atoms with Gasteiger partial charge < -0.3 is 5.32 Å². The first-order valence-corrected chi connectivity index (χ1v) is 10.9. The molecule has 0 aliphatic rings. The van der Waals surface area contributed by atoms with Gasteiger partial charge in [-0.2, -0.15) is 0 Å². The third kappa shape index (κ3) is 5.57. The molecular formula is C21H28N2O3S. The standard InChI is InChI=1S/C21H28N2O3S/c1-6-20(18-10-9-16(3)17(4)13-18)22-21(24)14-23(27(5,25)26)19-11-7-15(2)8-12-19/h7-13,20H,6,14H2,1-5H3,(H,22,24). The van der Waals surface area contributed by atoms with Crippen molar-refractivity contribution in [1.29, 1.82) is 0 Å². The number of sulfonamides is 1. The number of hydrogen-bond acceptors (Lipinski definition) is 3. The molecule has 27 heavy (non-hydrogen) atoms. The van der Waals surface area contributed by atoms with E-state index in [0.29, 0.717) is 5.69 Å². The number of amides is 1. The first kappa shape index (κ1) is 21.0. The lowest BCUT2D eigenvalue weighted by molar-refractivity contribution is -0.120. The van der Waals surface area contributed by atoms with Crippen LogP contribution >= 0.6 is 0 Å². The zero-order chi connectivity index (χ0) is 20.2. The van der Waals surface area contributed by atoms with Crippen molar-refractivity contribution < 1.29 is 13.2 Å². The Bertz CT molecular complexity index is 906. The number of carbonyl (C=O) groups is 1. The molecule has 0 bridgehead atoms. The number of nitrogens with one attached hydrogen (secondary N) is 1. The highest BCUT2D eigenvalue weighted by atomic mass is 32.2. The fraction of sp³-hybridized carbons (Fsp3) is 0.381. The van der Waals surface area contributed by atoms with Crippen LogP contribution in [0.4, 0.5) is 5.69 Å². The summed E-state index contributed by atoms with van der Waals surface area (Å²) in [5.41, 5.74) is 4.89. The van der Waals surface area contributed by atoms with E-state index >= 15 is 0 Å². The van der Waals surface area contributed by atoms with Gasteiger partial charge in [-0.25, -0.2) is 8.42 Å². The largest absolute Gasteiger partial charge is 0.348 e.